The first kappa shape index (κ1) is 21.2. The second-order valence-corrected chi connectivity index (χ2v) is 9.03. The van der Waals surface area contributed by atoms with Crippen molar-refractivity contribution >= 4 is 55.9 Å². The Morgan fingerprint density at radius 3 is 2.79 bits per heavy atom. The molecule has 7 nitrogen and oxygen atoms in total. The second-order valence-electron chi connectivity index (χ2n) is 7.97. The summed E-state index contributed by atoms with van der Waals surface area (Å²) in [5.74, 6) is -0.505. The van der Waals surface area contributed by atoms with E-state index in [1.165, 1.54) is 23.9 Å². The van der Waals surface area contributed by atoms with Gasteiger partial charge < -0.3 is 20.2 Å². The van der Waals surface area contributed by atoms with E-state index in [9.17, 15) is 14.0 Å². The average Bonchev–Trinajstić information content (AvgIpc) is 3.17. The lowest BCUT2D eigenvalue weighted by atomic mass is 10.0. The van der Waals surface area contributed by atoms with E-state index in [1.54, 1.807) is 23.2 Å². The van der Waals surface area contributed by atoms with Gasteiger partial charge in [0.1, 0.15) is 5.82 Å². The summed E-state index contributed by atoms with van der Waals surface area (Å²) in [4.78, 5) is 38.1. The van der Waals surface area contributed by atoms with Crippen molar-refractivity contribution in [2.75, 3.05) is 26.0 Å². The third-order valence-electron chi connectivity index (χ3n) is 5.21. The molecule has 3 aromatic carbocycles. The Labute approximate surface area is 192 Å². The van der Waals surface area contributed by atoms with E-state index in [0.717, 1.165) is 15.8 Å². The zero-order chi connectivity index (χ0) is 23.1. The smallest absolute Gasteiger partial charge is 0.256 e. The minimum Gasteiger partial charge on any atom is -0.332 e. The highest BCUT2D eigenvalue weighted by Gasteiger charge is 2.16. The number of likely N-dealkylation sites (N-methyl/N-ethyl adjacent to an activating group) is 1. The van der Waals surface area contributed by atoms with Crippen molar-refractivity contribution in [3.8, 4) is 0 Å². The van der Waals surface area contributed by atoms with E-state index in [4.69, 9.17) is 4.98 Å². The molecule has 33 heavy (non-hydrogen) atoms. The van der Waals surface area contributed by atoms with Gasteiger partial charge in [0.15, 0.2) is 5.16 Å². The van der Waals surface area contributed by atoms with E-state index >= 15 is 0 Å². The molecule has 0 radical (unpaired) electrons. The number of imidazole rings is 1. The summed E-state index contributed by atoms with van der Waals surface area (Å²) >= 11 is 1.40. The van der Waals surface area contributed by atoms with Gasteiger partial charge in [-0.15, -0.1) is 0 Å². The molecule has 0 aliphatic carbocycles. The number of hydrogen-bond acceptors (Lipinski definition) is 5. The molecule has 2 aromatic heterocycles. The Hall–Kier alpha value is -3.69. The number of nitrogens with zero attached hydrogens (tertiary/aromatic N) is 2. The van der Waals surface area contributed by atoms with Gasteiger partial charge in [0.2, 0.25) is 5.91 Å². The summed E-state index contributed by atoms with van der Waals surface area (Å²) in [5.41, 5.74) is 1.79. The van der Waals surface area contributed by atoms with E-state index in [-0.39, 0.29) is 11.5 Å². The van der Waals surface area contributed by atoms with Crippen LogP contribution in [-0.2, 0) is 4.79 Å². The number of amides is 1. The van der Waals surface area contributed by atoms with Gasteiger partial charge in [-0.25, -0.2) is 9.37 Å². The first-order valence-electron chi connectivity index (χ1n) is 10.2. The van der Waals surface area contributed by atoms with Crippen LogP contribution in [0.2, 0.25) is 0 Å². The lowest BCUT2D eigenvalue weighted by molar-refractivity contribution is -0.116. The summed E-state index contributed by atoms with van der Waals surface area (Å²) in [6.07, 6.45) is 1.57. The number of hydrogen-bond donors (Lipinski definition) is 3. The summed E-state index contributed by atoms with van der Waals surface area (Å²) in [6, 6.07) is 13.7. The fraction of sp³-hybridized carbons (Fsp3) is 0.125. The fourth-order valence-corrected chi connectivity index (χ4v) is 4.76. The maximum Gasteiger partial charge on any atom is 0.256 e. The van der Waals surface area contributed by atoms with Gasteiger partial charge in [-0.1, -0.05) is 17.8 Å². The number of pyridine rings is 1. The Balaban J connectivity index is 1.57. The van der Waals surface area contributed by atoms with Gasteiger partial charge in [0.25, 0.3) is 5.56 Å². The molecule has 5 aromatic rings. The van der Waals surface area contributed by atoms with Gasteiger partial charge in [-0.05, 0) is 56.6 Å². The molecule has 3 N–H and O–H groups in total. The molecule has 0 bridgehead atoms. The van der Waals surface area contributed by atoms with Crippen molar-refractivity contribution in [3.63, 3.8) is 0 Å². The number of carbonyl (C=O) groups excluding carboxylic acids is 1. The molecule has 1 amide bonds. The standard InChI is InChI=1S/C24H20FN5O2S/c1-30(2)12-19(31)27-14-4-3-5-15(11-14)33-24-28-21-16-7-6-13(25)10-18(16)20-17(22(21)29-24)8-9-26-23(20)32/h3-11H,12H2,1-2H3,(H,26,32)(H,27,31)(H,28,29). The van der Waals surface area contributed by atoms with Crippen molar-refractivity contribution in [2.45, 2.75) is 10.1 Å². The highest BCUT2D eigenvalue weighted by molar-refractivity contribution is 7.99. The number of fused-ring (bicyclic) bond motifs is 6. The highest BCUT2D eigenvalue weighted by atomic mass is 32.2. The van der Waals surface area contributed by atoms with Crippen LogP contribution < -0.4 is 10.9 Å². The molecule has 0 fully saturated rings. The van der Waals surface area contributed by atoms with Crippen LogP contribution in [0.15, 0.2) is 69.6 Å². The molecular formula is C24H20FN5O2S. The number of nitrogens with one attached hydrogen (secondary N) is 3. The predicted octanol–water partition coefficient (Wildman–Crippen LogP) is 4.35. The molecule has 9 heteroatoms. The largest absolute Gasteiger partial charge is 0.332 e. The lowest BCUT2D eigenvalue weighted by Crippen LogP contribution is -2.27. The van der Waals surface area contributed by atoms with Crippen LogP contribution in [0.3, 0.4) is 0 Å². The number of anilines is 1. The summed E-state index contributed by atoms with van der Waals surface area (Å²) in [6.45, 7) is 0.292. The number of aromatic amines is 2. The van der Waals surface area contributed by atoms with Gasteiger partial charge >= 0.3 is 0 Å². The monoisotopic (exact) mass is 461 g/mol. The third-order valence-corrected chi connectivity index (χ3v) is 6.09. The highest BCUT2D eigenvalue weighted by Crippen LogP contribution is 2.35. The Kier molecular flexibility index (Phi) is 5.35. The molecule has 0 atom stereocenters. The number of aromatic nitrogens is 3. The number of rotatable bonds is 5. The van der Waals surface area contributed by atoms with Crippen LogP contribution in [0.5, 0.6) is 0 Å². The maximum atomic E-state index is 14.0. The molecule has 0 saturated heterocycles. The number of benzene rings is 3. The van der Waals surface area contributed by atoms with Crippen LogP contribution in [-0.4, -0.2) is 46.4 Å². The first-order chi connectivity index (χ1) is 15.9. The zero-order valence-corrected chi connectivity index (χ0v) is 18.7. The SMILES string of the molecule is CN(C)CC(=O)Nc1cccc(Sc2nc3c4cc[nH]c(=O)c4c4cc(F)ccc4c3[nH]2)c1. The molecule has 0 spiro atoms. The molecule has 0 aliphatic rings. The summed E-state index contributed by atoms with van der Waals surface area (Å²) < 4.78 is 14.0. The Morgan fingerprint density at radius 2 is 1.97 bits per heavy atom. The Bertz CT molecular complexity index is 1590. The van der Waals surface area contributed by atoms with Crippen LogP contribution in [0.1, 0.15) is 0 Å². The molecule has 0 saturated carbocycles. The normalized spacial score (nSPS) is 11.6. The van der Waals surface area contributed by atoms with Gasteiger partial charge in [-0.3, -0.25) is 9.59 Å². The van der Waals surface area contributed by atoms with Gasteiger partial charge in [-0.2, -0.15) is 0 Å². The predicted molar refractivity (Wildman–Crippen MR) is 129 cm³/mol. The maximum absolute atomic E-state index is 14.0. The fourth-order valence-electron chi connectivity index (χ4n) is 3.91. The van der Waals surface area contributed by atoms with E-state index in [1.807, 2.05) is 38.4 Å². The first-order valence-corrected chi connectivity index (χ1v) is 11.1. The topological polar surface area (TPSA) is 93.9 Å². The number of carbonyl (C=O) groups is 1. The molecule has 166 valence electrons. The van der Waals surface area contributed by atoms with Crippen molar-refractivity contribution < 1.29 is 9.18 Å². The van der Waals surface area contributed by atoms with Crippen molar-refractivity contribution in [1.82, 2.24) is 19.9 Å². The van der Waals surface area contributed by atoms with Crippen LogP contribution >= 0.6 is 11.8 Å². The van der Waals surface area contributed by atoms with Crippen LogP contribution in [0.4, 0.5) is 10.1 Å². The summed E-state index contributed by atoms with van der Waals surface area (Å²) in [5, 5.41) is 5.83. The Morgan fingerprint density at radius 1 is 1.12 bits per heavy atom. The van der Waals surface area contributed by atoms with Crippen LogP contribution in [0, 0.1) is 5.82 Å². The van der Waals surface area contributed by atoms with Crippen molar-refractivity contribution in [3.05, 3.63) is 70.9 Å². The van der Waals surface area contributed by atoms with Crippen LogP contribution in [0.25, 0.3) is 32.6 Å². The second kappa shape index (κ2) is 8.34. The molecule has 5 rings (SSSR count). The van der Waals surface area contributed by atoms with E-state index in [2.05, 4.69) is 15.3 Å². The average molecular weight is 462 g/mol. The van der Waals surface area contributed by atoms with E-state index in [0.29, 0.717) is 39.1 Å². The quantitative estimate of drug-likeness (QED) is 0.339. The molecule has 0 aliphatic heterocycles. The van der Waals surface area contributed by atoms with E-state index < -0.39 is 5.82 Å². The lowest BCUT2D eigenvalue weighted by Gasteiger charge is -2.10. The van der Waals surface area contributed by atoms with Crippen molar-refractivity contribution in [2.24, 2.45) is 0 Å². The third kappa shape index (κ3) is 4.08. The van der Waals surface area contributed by atoms with Gasteiger partial charge in [0.05, 0.1) is 23.0 Å². The van der Waals surface area contributed by atoms with Gasteiger partial charge in [0, 0.05) is 32.9 Å². The zero-order valence-electron chi connectivity index (χ0n) is 17.9. The number of H-pyrrole nitrogens is 2. The molecular weight excluding hydrogens is 441 g/mol. The molecule has 0 unspecified atom stereocenters. The minimum absolute atomic E-state index is 0.0960. The minimum atomic E-state index is -0.409. The molecule has 2 heterocycles. The van der Waals surface area contributed by atoms with Crippen molar-refractivity contribution in [1.29, 1.82) is 0 Å². The summed E-state index contributed by atoms with van der Waals surface area (Å²) in [7, 11) is 3.67. The number of halogens is 1.